The van der Waals surface area contributed by atoms with E-state index in [-0.39, 0.29) is 5.91 Å². The van der Waals surface area contributed by atoms with Crippen LogP contribution in [0.15, 0.2) is 24.3 Å². The Hall–Kier alpha value is -1.02. The van der Waals surface area contributed by atoms with Crippen LogP contribution in [-0.4, -0.2) is 23.9 Å². The van der Waals surface area contributed by atoms with Crippen molar-refractivity contribution in [1.29, 1.82) is 0 Å². The lowest BCUT2D eigenvalue weighted by Gasteiger charge is -2.34. The van der Waals surface area contributed by atoms with Gasteiger partial charge in [0, 0.05) is 18.1 Å². The van der Waals surface area contributed by atoms with Crippen molar-refractivity contribution in [2.24, 2.45) is 0 Å². The van der Waals surface area contributed by atoms with Crippen molar-refractivity contribution in [2.75, 3.05) is 13.1 Å². The summed E-state index contributed by atoms with van der Waals surface area (Å²) in [5.41, 5.74) is 0.493. The molecule has 1 fully saturated rings. The van der Waals surface area contributed by atoms with Gasteiger partial charge in [-0.3, -0.25) is 4.79 Å². The molecule has 1 heterocycles. The fourth-order valence-corrected chi connectivity index (χ4v) is 2.68. The highest BCUT2D eigenvalue weighted by atomic mass is 35.5. The summed E-state index contributed by atoms with van der Waals surface area (Å²) in [5, 5.41) is 0.687. The van der Waals surface area contributed by atoms with Gasteiger partial charge in [0.15, 0.2) is 0 Å². The zero-order chi connectivity index (χ0) is 13.2. The van der Waals surface area contributed by atoms with Gasteiger partial charge in [0.25, 0.3) is 0 Å². The monoisotopic (exact) mass is 265 g/mol. The van der Waals surface area contributed by atoms with Crippen molar-refractivity contribution in [2.45, 2.75) is 38.5 Å². The van der Waals surface area contributed by atoms with Gasteiger partial charge in [-0.2, -0.15) is 0 Å². The lowest BCUT2D eigenvalue weighted by Crippen LogP contribution is -2.45. The Morgan fingerprint density at radius 2 is 1.89 bits per heavy atom. The molecule has 2 rings (SSSR count). The molecule has 0 atom stereocenters. The highest BCUT2D eigenvalue weighted by molar-refractivity contribution is 6.30. The van der Waals surface area contributed by atoms with Gasteiger partial charge >= 0.3 is 0 Å². The summed E-state index contributed by atoms with van der Waals surface area (Å²) >= 11 is 6.02. The standard InChI is InChI=1S/C15H20ClNO/c1-15(2,12-7-6-8-13(16)11-12)14(18)17-9-4-3-5-10-17/h6-8,11H,3-5,9-10H2,1-2H3. The summed E-state index contributed by atoms with van der Waals surface area (Å²) in [4.78, 5) is 14.6. The average Bonchev–Trinajstić information content (AvgIpc) is 2.39. The third kappa shape index (κ3) is 2.69. The van der Waals surface area contributed by atoms with Gasteiger partial charge in [-0.25, -0.2) is 0 Å². The van der Waals surface area contributed by atoms with Crippen LogP contribution in [0.2, 0.25) is 5.02 Å². The molecule has 1 amide bonds. The molecular formula is C15H20ClNO. The van der Waals surface area contributed by atoms with E-state index in [1.165, 1.54) is 6.42 Å². The molecule has 0 radical (unpaired) electrons. The highest BCUT2D eigenvalue weighted by Gasteiger charge is 2.34. The molecule has 0 N–H and O–H groups in total. The summed E-state index contributed by atoms with van der Waals surface area (Å²) in [5.74, 6) is 0.212. The Morgan fingerprint density at radius 3 is 2.50 bits per heavy atom. The van der Waals surface area contributed by atoms with Crippen molar-refractivity contribution in [3.8, 4) is 0 Å². The predicted octanol–water partition coefficient (Wildman–Crippen LogP) is 3.63. The van der Waals surface area contributed by atoms with Crippen LogP contribution >= 0.6 is 11.6 Å². The van der Waals surface area contributed by atoms with E-state index in [4.69, 9.17) is 11.6 Å². The van der Waals surface area contributed by atoms with Gasteiger partial charge in [-0.1, -0.05) is 23.7 Å². The number of nitrogens with zero attached hydrogens (tertiary/aromatic N) is 1. The van der Waals surface area contributed by atoms with Crippen molar-refractivity contribution >= 4 is 17.5 Å². The molecule has 1 aliphatic rings. The Bertz CT molecular complexity index is 436. The van der Waals surface area contributed by atoms with Gasteiger partial charge < -0.3 is 4.90 Å². The number of benzene rings is 1. The Labute approximate surface area is 114 Å². The molecule has 3 heteroatoms. The Morgan fingerprint density at radius 1 is 1.22 bits per heavy atom. The molecule has 0 aromatic heterocycles. The molecule has 1 aromatic carbocycles. The topological polar surface area (TPSA) is 20.3 Å². The van der Waals surface area contributed by atoms with Gasteiger partial charge in [-0.15, -0.1) is 0 Å². The highest BCUT2D eigenvalue weighted by Crippen LogP contribution is 2.28. The molecule has 1 saturated heterocycles. The fourth-order valence-electron chi connectivity index (χ4n) is 2.49. The third-order valence-corrected chi connectivity index (χ3v) is 3.96. The SMILES string of the molecule is CC(C)(C(=O)N1CCCCC1)c1cccc(Cl)c1. The Kier molecular flexibility index (Phi) is 3.96. The summed E-state index contributed by atoms with van der Waals surface area (Å²) in [6.45, 7) is 5.75. The molecule has 0 bridgehead atoms. The second-order valence-corrected chi connectivity index (χ2v) is 5.92. The quantitative estimate of drug-likeness (QED) is 0.800. The van der Waals surface area contributed by atoms with E-state index in [9.17, 15) is 4.79 Å². The van der Waals surface area contributed by atoms with E-state index in [1.807, 2.05) is 43.0 Å². The molecule has 0 aliphatic carbocycles. The van der Waals surface area contributed by atoms with Gasteiger partial charge in [0.1, 0.15) is 0 Å². The Balaban J connectivity index is 2.21. The second kappa shape index (κ2) is 5.31. The smallest absolute Gasteiger partial charge is 0.232 e. The zero-order valence-electron chi connectivity index (χ0n) is 11.1. The van der Waals surface area contributed by atoms with E-state index < -0.39 is 5.41 Å². The maximum atomic E-state index is 12.6. The fraction of sp³-hybridized carbons (Fsp3) is 0.533. The van der Waals surface area contributed by atoms with Crippen LogP contribution < -0.4 is 0 Å². The number of carbonyl (C=O) groups excluding carboxylic acids is 1. The molecular weight excluding hydrogens is 246 g/mol. The normalized spacial score (nSPS) is 16.7. The predicted molar refractivity (Wildman–Crippen MR) is 74.9 cm³/mol. The van der Waals surface area contributed by atoms with E-state index in [1.54, 1.807) is 0 Å². The third-order valence-electron chi connectivity index (χ3n) is 3.72. The lowest BCUT2D eigenvalue weighted by molar-refractivity contribution is -0.137. The van der Waals surface area contributed by atoms with E-state index in [0.717, 1.165) is 31.5 Å². The van der Waals surface area contributed by atoms with Crippen molar-refractivity contribution in [3.05, 3.63) is 34.9 Å². The largest absolute Gasteiger partial charge is 0.342 e. The van der Waals surface area contributed by atoms with Crippen LogP contribution in [0.3, 0.4) is 0 Å². The minimum absolute atomic E-state index is 0.212. The van der Waals surface area contributed by atoms with E-state index in [2.05, 4.69) is 0 Å². The first-order chi connectivity index (χ1) is 8.51. The van der Waals surface area contributed by atoms with Crippen LogP contribution in [0.1, 0.15) is 38.7 Å². The average molecular weight is 266 g/mol. The van der Waals surface area contributed by atoms with Crippen LogP contribution in [0.5, 0.6) is 0 Å². The summed E-state index contributed by atoms with van der Waals surface area (Å²) in [6, 6.07) is 7.62. The maximum Gasteiger partial charge on any atom is 0.232 e. The number of carbonyl (C=O) groups is 1. The number of likely N-dealkylation sites (tertiary alicyclic amines) is 1. The molecule has 1 aromatic rings. The summed E-state index contributed by atoms with van der Waals surface area (Å²) in [7, 11) is 0. The first-order valence-electron chi connectivity index (χ1n) is 6.57. The van der Waals surface area contributed by atoms with Crippen molar-refractivity contribution in [1.82, 2.24) is 4.90 Å². The number of rotatable bonds is 2. The molecule has 98 valence electrons. The molecule has 1 aliphatic heterocycles. The zero-order valence-corrected chi connectivity index (χ0v) is 11.8. The number of piperidine rings is 1. The maximum absolute atomic E-state index is 12.6. The van der Waals surface area contributed by atoms with Crippen LogP contribution in [0.4, 0.5) is 0 Å². The van der Waals surface area contributed by atoms with E-state index >= 15 is 0 Å². The minimum atomic E-state index is -0.498. The first kappa shape index (κ1) is 13.4. The van der Waals surface area contributed by atoms with Crippen molar-refractivity contribution < 1.29 is 4.79 Å². The first-order valence-corrected chi connectivity index (χ1v) is 6.95. The van der Waals surface area contributed by atoms with Gasteiger partial charge in [0.2, 0.25) is 5.91 Å². The lowest BCUT2D eigenvalue weighted by atomic mass is 9.83. The molecule has 0 spiro atoms. The number of halogens is 1. The molecule has 0 unspecified atom stereocenters. The number of hydrogen-bond acceptors (Lipinski definition) is 1. The van der Waals surface area contributed by atoms with Crippen molar-refractivity contribution in [3.63, 3.8) is 0 Å². The number of hydrogen-bond donors (Lipinski definition) is 0. The van der Waals surface area contributed by atoms with E-state index in [0.29, 0.717) is 5.02 Å². The van der Waals surface area contributed by atoms with Crippen LogP contribution in [0, 0.1) is 0 Å². The van der Waals surface area contributed by atoms with Gasteiger partial charge in [0.05, 0.1) is 5.41 Å². The summed E-state index contributed by atoms with van der Waals surface area (Å²) in [6.07, 6.45) is 3.48. The van der Waals surface area contributed by atoms with Crippen LogP contribution in [0.25, 0.3) is 0 Å². The minimum Gasteiger partial charge on any atom is -0.342 e. The molecule has 18 heavy (non-hydrogen) atoms. The second-order valence-electron chi connectivity index (χ2n) is 5.49. The summed E-state index contributed by atoms with van der Waals surface area (Å²) < 4.78 is 0. The number of amides is 1. The molecule has 0 saturated carbocycles. The molecule has 2 nitrogen and oxygen atoms in total. The van der Waals surface area contributed by atoms with Crippen LogP contribution in [-0.2, 0) is 10.2 Å². The van der Waals surface area contributed by atoms with Gasteiger partial charge in [-0.05, 0) is 50.8 Å².